The number of aromatic nitrogens is 2. The van der Waals surface area contributed by atoms with Crippen molar-refractivity contribution in [2.45, 2.75) is 71.9 Å². The average molecular weight is 553 g/mol. The Balaban J connectivity index is 1.93. The predicted molar refractivity (Wildman–Crippen MR) is 152 cm³/mol. The summed E-state index contributed by atoms with van der Waals surface area (Å²) in [7, 11) is 0. The van der Waals surface area contributed by atoms with E-state index in [0.29, 0.717) is 30.0 Å². The van der Waals surface area contributed by atoms with E-state index in [1.807, 2.05) is 84.0 Å². The summed E-state index contributed by atoms with van der Waals surface area (Å²) >= 11 is 0. The zero-order chi connectivity index (χ0) is 29.3. The Morgan fingerprint density at radius 2 is 1.60 bits per heavy atom. The molecule has 0 fully saturated rings. The van der Waals surface area contributed by atoms with Crippen LogP contribution in [0.15, 0.2) is 54.9 Å². The number of para-hydroxylation sites is 1. The molecule has 0 radical (unpaired) electrons. The molecule has 0 spiro atoms. The SMILES string of the molecule is CCOC(OCC)[C@@H](C)C(NC(=O)[C@H](Cc1ccc(OC(C)(C)C)cc1)NC(=O)O)c1cccc2nccnc12. The first kappa shape index (κ1) is 30.8. The molecule has 10 nitrogen and oxygen atoms in total. The second-order valence-corrected chi connectivity index (χ2v) is 10.5. The van der Waals surface area contributed by atoms with E-state index < -0.39 is 30.4 Å². The normalized spacial score (nSPS) is 14.0. The fourth-order valence-corrected chi connectivity index (χ4v) is 4.49. The van der Waals surface area contributed by atoms with Gasteiger partial charge in [0.25, 0.3) is 0 Å². The number of fused-ring (bicyclic) bond motifs is 1. The number of benzene rings is 2. The summed E-state index contributed by atoms with van der Waals surface area (Å²) in [6.45, 7) is 12.4. The Morgan fingerprint density at radius 1 is 0.950 bits per heavy atom. The van der Waals surface area contributed by atoms with E-state index in [1.54, 1.807) is 12.4 Å². The summed E-state index contributed by atoms with van der Waals surface area (Å²) < 4.78 is 17.6. The maximum atomic E-state index is 13.7. The van der Waals surface area contributed by atoms with E-state index in [1.165, 1.54) is 0 Å². The van der Waals surface area contributed by atoms with Gasteiger partial charge in [0.15, 0.2) is 6.29 Å². The molecule has 1 heterocycles. The fraction of sp³-hybridized carbons (Fsp3) is 0.467. The number of hydrogen-bond acceptors (Lipinski definition) is 7. The number of amides is 2. The Morgan fingerprint density at radius 3 is 2.20 bits per heavy atom. The lowest BCUT2D eigenvalue weighted by molar-refractivity contribution is -0.170. The van der Waals surface area contributed by atoms with Crippen LogP contribution in [-0.4, -0.2) is 58.2 Å². The Hall–Kier alpha value is -3.76. The molecular formula is C30H40N4O6. The topological polar surface area (TPSA) is 132 Å². The molecule has 1 aromatic heterocycles. The summed E-state index contributed by atoms with van der Waals surface area (Å²) in [6.07, 6.45) is 1.44. The van der Waals surface area contributed by atoms with E-state index >= 15 is 0 Å². The van der Waals surface area contributed by atoms with E-state index in [-0.39, 0.29) is 17.9 Å². The highest BCUT2D eigenvalue weighted by Crippen LogP contribution is 2.31. The highest BCUT2D eigenvalue weighted by Gasteiger charge is 2.33. The number of rotatable bonds is 13. The van der Waals surface area contributed by atoms with Crippen LogP contribution in [0.5, 0.6) is 5.75 Å². The zero-order valence-corrected chi connectivity index (χ0v) is 24.0. The minimum absolute atomic E-state index is 0.144. The van der Waals surface area contributed by atoms with Crippen LogP contribution >= 0.6 is 0 Å². The molecule has 0 saturated heterocycles. The molecule has 10 heteroatoms. The molecule has 2 aromatic carbocycles. The molecule has 2 amide bonds. The molecule has 0 saturated carbocycles. The van der Waals surface area contributed by atoms with Gasteiger partial charge in [-0.3, -0.25) is 14.8 Å². The van der Waals surface area contributed by atoms with Crippen LogP contribution in [0.3, 0.4) is 0 Å². The quantitative estimate of drug-likeness (QED) is 0.256. The summed E-state index contributed by atoms with van der Waals surface area (Å²) in [5, 5.41) is 15.0. The van der Waals surface area contributed by atoms with Crippen molar-refractivity contribution in [2.75, 3.05) is 13.2 Å². The third kappa shape index (κ3) is 8.62. The molecule has 1 unspecified atom stereocenters. The molecule has 40 heavy (non-hydrogen) atoms. The van der Waals surface area contributed by atoms with Gasteiger partial charge in [-0.2, -0.15) is 0 Å². The predicted octanol–water partition coefficient (Wildman–Crippen LogP) is 4.88. The van der Waals surface area contributed by atoms with Crippen molar-refractivity contribution in [3.63, 3.8) is 0 Å². The monoisotopic (exact) mass is 552 g/mol. The van der Waals surface area contributed by atoms with Gasteiger partial charge < -0.3 is 30.0 Å². The first-order chi connectivity index (χ1) is 19.0. The van der Waals surface area contributed by atoms with Crippen molar-refractivity contribution in [2.24, 2.45) is 5.92 Å². The molecule has 0 aliphatic carbocycles. The lowest BCUT2D eigenvalue weighted by Gasteiger charge is -2.33. The summed E-state index contributed by atoms with van der Waals surface area (Å²) in [6, 6.07) is 11.2. The van der Waals surface area contributed by atoms with Crippen LogP contribution in [0.25, 0.3) is 11.0 Å². The Kier molecular flexibility index (Phi) is 10.8. The van der Waals surface area contributed by atoms with Crippen molar-refractivity contribution in [3.8, 4) is 5.75 Å². The van der Waals surface area contributed by atoms with Crippen molar-refractivity contribution in [1.82, 2.24) is 20.6 Å². The van der Waals surface area contributed by atoms with E-state index in [0.717, 1.165) is 11.1 Å². The average Bonchev–Trinajstić information content (AvgIpc) is 2.90. The standard InChI is InChI=1S/C30H40N4O6/c1-7-38-28(39-8-2)19(3)25(22-10-9-11-23-26(22)32-17-16-31-23)34-27(35)24(33-29(36)37)18-20-12-14-21(15-13-20)40-30(4,5)6/h9-17,19,24-25,28,33H,7-8,18H2,1-6H3,(H,34,35)(H,36,37)/t19-,24-,25?/m0/s1. The smallest absolute Gasteiger partial charge is 0.405 e. The second kappa shape index (κ2) is 14.0. The number of nitrogens with zero attached hydrogens (tertiary/aromatic N) is 2. The number of hydrogen-bond donors (Lipinski definition) is 3. The van der Waals surface area contributed by atoms with Gasteiger partial charge in [-0.15, -0.1) is 0 Å². The number of ether oxygens (including phenoxy) is 3. The maximum absolute atomic E-state index is 13.7. The fourth-order valence-electron chi connectivity index (χ4n) is 4.49. The van der Waals surface area contributed by atoms with Crippen molar-refractivity contribution >= 4 is 23.0 Å². The van der Waals surface area contributed by atoms with Crippen molar-refractivity contribution in [3.05, 3.63) is 66.0 Å². The van der Waals surface area contributed by atoms with Gasteiger partial charge in [0.1, 0.15) is 17.4 Å². The van der Waals surface area contributed by atoms with Crippen LogP contribution in [0, 0.1) is 5.92 Å². The van der Waals surface area contributed by atoms with Crippen LogP contribution in [0.4, 0.5) is 4.79 Å². The van der Waals surface area contributed by atoms with Crippen LogP contribution in [0.1, 0.15) is 58.7 Å². The van der Waals surface area contributed by atoms with Gasteiger partial charge in [0, 0.05) is 43.5 Å². The summed E-state index contributed by atoms with van der Waals surface area (Å²) in [5.74, 6) is -0.148. The second-order valence-electron chi connectivity index (χ2n) is 10.5. The molecule has 3 rings (SSSR count). The molecule has 3 N–H and O–H groups in total. The van der Waals surface area contributed by atoms with E-state index in [4.69, 9.17) is 14.2 Å². The van der Waals surface area contributed by atoms with Crippen LogP contribution in [0.2, 0.25) is 0 Å². The van der Waals surface area contributed by atoms with Crippen molar-refractivity contribution in [1.29, 1.82) is 0 Å². The lowest BCUT2D eigenvalue weighted by atomic mass is 9.91. The first-order valence-electron chi connectivity index (χ1n) is 13.5. The summed E-state index contributed by atoms with van der Waals surface area (Å²) in [4.78, 5) is 34.3. The highest BCUT2D eigenvalue weighted by molar-refractivity contribution is 5.87. The van der Waals surface area contributed by atoms with Crippen molar-refractivity contribution < 1.29 is 28.9 Å². The maximum Gasteiger partial charge on any atom is 0.405 e. The van der Waals surface area contributed by atoms with Gasteiger partial charge in [0.2, 0.25) is 5.91 Å². The molecule has 0 aliphatic rings. The third-order valence-corrected chi connectivity index (χ3v) is 6.18. The molecule has 0 aliphatic heterocycles. The van der Waals surface area contributed by atoms with Crippen LogP contribution in [-0.2, 0) is 20.7 Å². The van der Waals surface area contributed by atoms with E-state index in [2.05, 4.69) is 20.6 Å². The number of carboxylic acid groups (broad SMARTS) is 1. The van der Waals surface area contributed by atoms with Crippen LogP contribution < -0.4 is 15.4 Å². The largest absolute Gasteiger partial charge is 0.488 e. The molecular weight excluding hydrogens is 512 g/mol. The van der Waals surface area contributed by atoms with Gasteiger partial charge in [-0.25, -0.2) is 4.79 Å². The molecule has 3 aromatic rings. The molecule has 3 atom stereocenters. The number of carbonyl (C=O) groups is 2. The minimum Gasteiger partial charge on any atom is -0.488 e. The van der Waals surface area contributed by atoms with Gasteiger partial charge in [-0.05, 0) is 58.4 Å². The first-order valence-corrected chi connectivity index (χ1v) is 13.5. The molecule has 216 valence electrons. The highest BCUT2D eigenvalue weighted by atomic mass is 16.7. The Labute approximate surface area is 235 Å². The minimum atomic E-state index is -1.30. The van der Waals surface area contributed by atoms with Gasteiger partial charge in [0.05, 0.1) is 17.1 Å². The summed E-state index contributed by atoms with van der Waals surface area (Å²) in [5.41, 5.74) is 2.46. The Bertz CT molecular complexity index is 1250. The lowest BCUT2D eigenvalue weighted by Crippen LogP contribution is -2.50. The number of nitrogens with one attached hydrogen (secondary N) is 2. The molecule has 0 bridgehead atoms. The van der Waals surface area contributed by atoms with E-state index in [9.17, 15) is 14.7 Å². The van der Waals surface area contributed by atoms with Gasteiger partial charge >= 0.3 is 6.09 Å². The zero-order valence-electron chi connectivity index (χ0n) is 24.0. The number of carbonyl (C=O) groups excluding carboxylic acids is 1. The third-order valence-electron chi connectivity index (χ3n) is 6.18. The van der Waals surface area contributed by atoms with Gasteiger partial charge in [-0.1, -0.05) is 31.2 Å².